The van der Waals surface area contributed by atoms with Gasteiger partial charge in [-0.05, 0) is 130 Å². The summed E-state index contributed by atoms with van der Waals surface area (Å²) in [5, 5.41) is 68.3. The summed E-state index contributed by atoms with van der Waals surface area (Å²) in [5.74, 6) is -6.68. The van der Waals surface area contributed by atoms with Crippen molar-refractivity contribution in [3.05, 3.63) is 23.8 Å². The first-order chi connectivity index (χ1) is 30.9. The molecule has 0 spiro atoms. The van der Waals surface area contributed by atoms with E-state index in [-0.39, 0.29) is 62.6 Å². The average Bonchev–Trinajstić information content (AvgIpc) is 3.46. The molecule has 5 aliphatic rings. The van der Waals surface area contributed by atoms with Crippen molar-refractivity contribution < 1.29 is 72.8 Å². The molecule has 1 heterocycles. The van der Waals surface area contributed by atoms with Gasteiger partial charge in [0.25, 0.3) is 0 Å². The number of aliphatic hydroxyl groups excluding tert-OH is 4. The number of hydrogen-bond donors (Lipinski definition) is 6. The largest absolute Gasteiger partial charge is 0.466 e. The molecule has 0 aromatic heterocycles. The topological polar surface area (TPSA) is 224 Å². The average molecular weight is 955 g/mol. The van der Waals surface area contributed by atoms with Crippen LogP contribution in [-0.2, 0) is 33.4 Å². The molecule has 0 radical (unpaired) electrons. The van der Waals surface area contributed by atoms with Gasteiger partial charge in [-0.3, -0.25) is 19.3 Å². The van der Waals surface area contributed by atoms with Gasteiger partial charge in [0.1, 0.15) is 24.0 Å². The molecule has 4 fully saturated rings. The summed E-state index contributed by atoms with van der Waals surface area (Å²) in [6.07, 6.45) is -5.31. The van der Waals surface area contributed by atoms with E-state index >= 15 is 8.78 Å². The molecule has 1 saturated heterocycles. The van der Waals surface area contributed by atoms with Crippen molar-refractivity contribution in [3.63, 3.8) is 0 Å². The monoisotopic (exact) mass is 955 g/mol. The highest BCUT2D eigenvalue weighted by molar-refractivity contribution is 6.01. The quantitative estimate of drug-likeness (QED) is 0.136. The number of allylic oxidation sites excluding steroid dienone is 4. The van der Waals surface area contributed by atoms with E-state index in [9.17, 15) is 49.8 Å². The number of fused-ring (bicyclic) bond motifs is 5. The Balaban J connectivity index is 1.32. The number of nitrogens with zero attached hydrogens (tertiary/aromatic N) is 2. The highest BCUT2D eigenvalue weighted by Crippen LogP contribution is 2.71. The van der Waals surface area contributed by atoms with Crippen LogP contribution in [-0.4, -0.2) is 169 Å². The highest BCUT2D eigenvalue weighted by atomic mass is 19.1. The highest BCUT2D eigenvalue weighted by Gasteiger charge is 2.78. The van der Waals surface area contributed by atoms with Gasteiger partial charge in [-0.25, -0.2) is 13.6 Å². The number of ether oxygens (including phenoxy) is 3. The number of carbonyl (C=O) groups excluding carboxylic acids is 4. The Morgan fingerprint density at radius 1 is 0.940 bits per heavy atom. The molecule has 67 heavy (non-hydrogen) atoms. The number of rotatable bonds is 10. The molecule has 18 atom stereocenters. The molecule has 0 aromatic rings. The van der Waals surface area contributed by atoms with Crippen LogP contribution in [0, 0.1) is 40.4 Å². The van der Waals surface area contributed by atoms with Crippen LogP contribution >= 0.6 is 0 Å². The SMILES string of the molecule is COC(=O)[C@@]1(OC(=O)CCN(CCCN2C[C@H](C)C[C@@](C)(O)[C@H](O)C[C@H](O)[C@@H](C)C(=O)O[C@H](C)[C@@](C)(O)[C@H](O)[C@H]2C)C(C)C)[C@H](C)CC2C3C[C@H](F)C4=CC(=O)C=C[C@]4(C)[C@@]3(F)[C@@H](O)CC21C. The lowest BCUT2D eigenvalue weighted by Gasteiger charge is -2.63. The van der Waals surface area contributed by atoms with Crippen molar-refractivity contribution in [2.45, 2.75) is 192 Å². The molecule has 382 valence electrons. The van der Waals surface area contributed by atoms with E-state index in [1.165, 1.54) is 53.9 Å². The van der Waals surface area contributed by atoms with Crippen molar-refractivity contribution in [2.75, 3.05) is 33.3 Å². The Bertz CT molecular complexity index is 1900. The number of aliphatic hydroxyl groups is 6. The fourth-order valence-corrected chi connectivity index (χ4v) is 12.9. The first kappa shape index (κ1) is 55.0. The number of esters is 3. The number of carbonyl (C=O) groups is 4. The lowest BCUT2D eigenvalue weighted by Crippen LogP contribution is -2.71. The molecule has 17 heteroatoms. The maximum absolute atomic E-state index is 17.9. The van der Waals surface area contributed by atoms with E-state index in [1.807, 2.05) is 25.7 Å². The fourth-order valence-electron chi connectivity index (χ4n) is 12.9. The third-order valence-corrected chi connectivity index (χ3v) is 17.3. The van der Waals surface area contributed by atoms with Gasteiger partial charge in [0.05, 0.1) is 43.4 Å². The van der Waals surface area contributed by atoms with Gasteiger partial charge in [0.15, 0.2) is 11.5 Å². The lowest BCUT2D eigenvalue weighted by atomic mass is 9.44. The Labute approximate surface area is 395 Å². The maximum atomic E-state index is 17.9. The van der Waals surface area contributed by atoms with E-state index in [2.05, 4.69) is 4.90 Å². The number of halogens is 2. The zero-order valence-electron chi connectivity index (χ0n) is 41.7. The Kier molecular flexibility index (Phi) is 16.5. The van der Waals surface area contributed by atoms with E-state index in [1.54, 1.807) is 20.8 Å². The lowest BCUT2D eigenvalue weighted by molar-refractivity contribution is -0.238. The first-order valence-corrected chi connectivity index (χ1v) is 24.3. The van der Waals surface area contributed by atoms with Gasteiger partial charge < -0.3 is 49.7 Å². The maximum Gasteiger partial charge on any atom is 0.351 e. The number of ketones is 1. The molecule has 1 aliphatic heterocycles. The van der Waals surface area contributed by atoms with Gasteiger partial charge in [0.2, 0.25) is 5.60 Å². The molecule has 0 aromatic carbocycles. The standard InChI is InChI=1S/C50H80F2N2O13/c1-27(2)53(17-13-18-54-26-28(3)24-47(10,63)39(57)23-38(56)30(5)43(61)66-32(7)48(11,64)42(60)31(54)6)19-15-41(59)67-50(44(62)65-12)29(4)20-34-35-22-37(51)36-21-33(55)14-16-45(36,8)49(35,52)40(58)25-46(34,50)9/h14,16,21,27-32,34-35,37-40,42,56-58,60,63-64H,13,15,17-20,22-26H2,1-12H3/t28-,29-,30-,31-,32-,34?,35?,37+,38+,39-,40+,42-,45+,46?,47-,48-,49+,50+/m1/s1. The Morgan fingerprint density at radius 2 is 1.58 bits per heavy atom. The molecular weight excluding hydrogens is 875 g/mol. The Hall–Kier alpha value is -2.90. The predicted octanol–water partition coefficient (Wildman–Crippen LogP) is 3.77. The van der Waals surface area contributed by atoms with Crippen molar-refractivity contribution >= 4 is 23.7 Å². The van der Waals surface area contributed by atoms with E-state index in [0.717, 1.165) is 6.08 Å². The summed E-state index contributed by atoms with van der Waals surface area (Å²) in [6, 6.07) is -0.771. The summed E-state index contributed by atoms with van der Waals surface area (Å²) >= 11 is 0. The van der Waals surface area contributed by atoms with Crippen molar-refractivity contribution in [3.8, 4) is 0 Å². The molecule has 4 aliphatic carbocycles. The van der Waals surface area contributed by atoms with Crippen LogP contribution in [0.2, 0.25) is 0 Å². The van der Waals surface area contributed by atoms with E-state index in [4.69, 9.17) is 14.2 Å². The minimum absolute atomic E-state index is 0.0161. The van der Waals surface area contributed by atoms with Crippen LogP contribution in [0.5, 0.6) is 0 Å². The molecular formula is C50H80F2N2O13. The van der Waals surface area contributed by atoms with Gasteiger partial charge in [-0.15, -0.1) is 0 Å². The van der Waals surface area contributed by atoms with Crippen molar-refractivity contribution in [1.82, 2.24) is 9.80 Å². The van der Waals surface area contributed by atoms with Crippen LogP contribution in [0.15, 0.2) is 23.8 Å². The van der Waals surface area contributed by atoms with Crippen LogP contribution < -0.4 is 0 Å². The number of cyclic esters (lactones) is 1. The van der Waals surface area contributed by atoms with E-state index in [0.29, 0.717) is 26.1 Å². The molecule has 0 bridgehead atoms. The second-order valence-corrected chi connectivity index (χ2v) is 22.2. The molecule has 3 saturated carbocycles. The third-order valence-electron chi connectivity index (χ3n) is 17.3. The van der Waals surface area contributed by atoms with E-state index < -0.39 is 123 Å². The first-order valence-electron chi connectivity index (χ1n) is 24.3. The van der Waals surface area contributed by atoms with Crippen LogP contribution in [0.4, 0.5) is 8.78 Å². The van der Waals surface area contributed by atoms with Gasteiger partial charge in [0, 0.05) is 54.3 Å². The smallest absolute Gasteiger partial charge is 0.351 e. The normalized spacial score (nSPS) is 45.6. The second kappa shape index (κ2) is 20.1. The summed E-state index contributed by atoms with van der Waals surface area (Å²) in [7, 11) is 1.18. The fraction of sp³-hybridized carbons (Fsp3) is 0.840. The van der Waals surface area contributed by atoms with Crippen LogP contribution in [0.25, 0.3) is 0 Å². The van der Waals surface area contributed by atoms with Gasteiger partial charge >= 0.3 is 17.9 Å². The summed E-state index contributed by atoms with van der Waals surface area (Å²) in [6.45, 7) is 19.6. The van der Waals surface area contributed by atoms with Crippen LogP contribution in [0.1, 0.15) is 121 Å². The minimum Gasteiger partial charge on any atom is -0.466 e. The zero-order chi connectivity index (χ0) is 50.6. The summed E-state index contributed by atoms with van der Waals surface area (Å²) in [5.41, 5.74) is -10.9. The molecule has 6 N–H and O–H groups in total. The van der Waals surface area contributed by atoms with Crippen molar-refractivity contribution in [1.29, 1.82) is 0 Å². The number of hydrogen-bond acceptors (Lipinski definition) is 15. The molecule has 3 unspecified atom stereocenters. The zero-order valence-corrected chi connectivity index (χ0v) is 41.7. The molecule has 15 nitrogen and oxygen atoms in total. The predicted molar refractivity (Wildman–Crippen MR) is 243 cm³/mol. The van der Waals surface area contributed by atoms with Crippen molar-refractivity contribution in [2.24, 2.45) is 40.4 Å². The third kappa shape index (κ3) is 9.79. The van der Waals surface area contributed by atoms with Gasteiger partial charge in [-0.1, -0.05) is 26.8 Å². The minimum atomic E-state index is -2.39. The van der Waals surface area contributed by atoms with Crippen LogP contribution in [0.3, 0.4) is 0 Å². The Morgan fingerprint density at radius 3 is 2.19 bits per heavy atom. The number of methoxy groups -OCH3 is 1. The number of alkyl halides is 2. The summed E-state index contributed by atoms with van der Waals surface area (Å²) in [4.78, 5) is 57.6. The summed E-state index contributed by atoms with van der Waals surface area (Å²) < 4.78 is 51.2. The van der Waals surface area contributed by atoms with Gasteiger partial charge in [-0.2, -0.15) is 0 Å². The molecule has 5 rings (SSSR count). The second-order valence-electron chi connectivity index (χ2n) is 22.2. The molecule has 0 amide bonds.